The molecule has 0 fully saturated rings. The standard InChI is InChI=1S/C17H30N2O/c1-14(2)11-18-12-15-7-6-8-16(19-15)13-20-10-9-17(3,4)5/h6-8,14,18H,9-13H2,1-5H3. The zero-order chi connectivity index (χ0) is 15.0. The molecule has 0 aliphatic rings. The smallest absolute Gasteiger partial charge is 0.0887 e. The molecule has 20 heavy (non-hydrogen) atoms. The van der Waals surface area contributed by atoms with Gasteiger partial charge in [-0.2, -0.15) is 0 Å². The molecule has 0 saturated heterocycles. The highest BCUT2D eigenvalue weighted by Gasteiger charge is 2.09. The third-order valence-electron chi connectivity index (χ3n) is 2.97. The number of nitrogens with one attached hydrogen (secondary N) is 1. The number of aromatic nitrogens is 1. The molecular formula is C17H30N2O. The van der Waals surface area contributed by atoms with Crippen molar-refractivity contribution < 1.29 is 4.74 Å². The molecule has 1 heterocycles. The first kappa shape index (κ1) is 17.1. The van der Waals surface area contributed by atoms with Gasteiger partial charge >= 0.3 is 0 Å². The van der Waals surface area contributed by atoms with Crippen LogP contribution in [0.3, 0.4) is 0 Å². The van der Waals surface area contributed by atoms with Crippen molar-refractivity contribution in [2.45, 2.75) is 54.2 Å². The summed E-state index contributed by atoms with van der Waals surface area (Å²) in [6.45, 7) is 14.4. The lowest BCUT2D eigenvalue weighted by Gasteiger charge is -2.17. The van der Waals surface area contributed by atoms with Gasteiger partial charge < -0.3 is 10.1 Å². The SMILES string of the molecule is CC(C)CNCc1cccc(COCCC(C)(C)C)n1. The number of rotatable bonds is 8. The van der Waals surface area contributed by atoms with Crippen LogP contribution in [0.2, 0.25) is 0 Å². The second kappa shape index (κ2) is 8.38. The number of pyridine rings is 1. The summed E-state index contributed by atoms with van der Waals surface area (Å²) in [6.07, 6.45) is 1.07. The molecule has 0 radical (unpaired) electrons. The highest BCUT2D eigenvalue weighted by molar-refractivity contribution is 5.10. The van der Waals surface area contributed by atoms with Crippen LogP contribution in [0.5, 0.6) is 0 Å². The van der Waals surface area contributed by atoms with Crippen LogP contribution < -0.4 is 5.32 Å². The van der Waals surface area contributed by atoms with Crippen LogP contribution >= 0.6 is 0 Å². The topological polar surface area (TPSA) is 34.1 Å². The van der Waals surface area contributed by atoms with Crippen molar-refractivity contribution in [2.24, 2.45) is 11.3 Å². The minimum Gasteiger partial charge on any atom is -0.375 e. The zero-order valence-corrected chi connectivity index (χ0v) is 13.7. The van der Waals surface area contributed by atoms with Crippen molar-refractivity contribution in [2.75, 3.05) is 13.2 Å². The highest BCUT2D eigenvalue weighted by atomic mass is 16.5. The van der Waals surface area contributed by atoms with E-state index in [0.29, 0.717) is 17.9 Å². The molecule has 0 saturated carbocycles. The number of nitrogens with zero attached hydrogens (tertiary/aromatic N) is 1. The maximum atomic E-state index is 5.71. The van der Waals surface area contributed by atoms with E-state index in [9.17, 15) is 0 Å². The van der Waals surface area contributed by atoms with E-state index >= 15 is 0 Å². The maximum absolute atomic E-state index is 5.71. The molecule has 0 aliphatic heterocycles. The zero-order valence-electron chi connectivity index (χ0n) is 13.7. The predicted molar refractivity (Wildman–Crippen MR) is 84.5 cm³/mol. The Kier molecular flexibility index (Phi) is 7.17. The van der Waals surface area contributed by atoms with Gasteiger partial charge in [0.2, 0.25) is 0 Å². The third-order valence-corrected chi connectivity index (χ3v) is 2.97. The molecule has 0 amide bonds. The van der Waals surface area contributed by atoms with Crippen LogP contribution in [0.15, 0.2) is 18.2 Å². The molecule has 0 spiro atoms. The Labute approximate surface area is 124 Å². The Morgan fingerprint density at radius 3 is 2.55 bits per heavy atom. The largest absolute Gasteiger partial charge is 0.375 e. The van der Waals surface area contributed by atoms with Gasteiger partial charge in [0.15, 0.2) is 0 Å². The minimum atomic E-state index is 0.329. The van der Waals surface area contributed by atoms with Crippen molar-refractivity contribution in [3.05, 3.63) is 29.6 Å². The van der Waals surface area contributed by atoms with Gasteiger partial charge in [0, 0.05) is 13.2 Å². The van der Waals surface area contributed by atoms with Gasteiger partial charge in [-0.15, -0.1) is 0 Å². The fraction of sp³-hybridized carbons (Fsp3) is 0.706. The molecule has 0 bridgehead atoms. The summed E-state index contributed by atoms with van der Waals surface area (Å²) >= 11 is 0. The Hall–Kier alpha value is -0.930. The fourth-order valence-electron chi connectivity index (χ4n) is 1.75. The van der Waals surface area contributed by atoms with Crippen LogP contribution in [0.4, 0.5) is 0 Å². The fourth-order valence-corrected chi connectivity index (χ4v) is 1.75. The van der Waals surface area contributed by atoms with Crippen LogP contribution in [0.25, 0.3) is 0 Å². The molecule has 0 aliphatic carbocycles. The lowest BCUT2D eigenvalue weighted by Crippen LogP contribution is -2.19. The quantitative estimate of drug-likeness (QED) is 0.735. The summed E-state index contributed by atoms with van der Waals surface area (Å²) in [5, 5.41) is 3.41. The van der Waals surface area contributed by atoms with Gasteiger partial charge in [-0.1, -0.05) is 40.7 Å². The molecular weight excluding hydrogens is 248 g/mol. The Morgan fingerprint density at radius 1 is 1.20 bits per heavy atom. The van der Waals surface area contributed by atoms with Crippen molar-refractivity contribution in [3.8, 4) is 0 Å². The van der Waals surface area contributed by atoms with Gasteiger partial charge in [0.25, 0.3) is 0 Å². The van der Waals surface area contributed by atoms with Gasteiger partial charge in [0.05, 0.1) is 18.0 Å². The first-order valence-electron chi connectivity index (χ1n) is 7.60. The van der Waals surface area contributed by atoms with Crippen molar-refractivity contribution in [3.63, 3.8) is 0 Å². The normalized spacial score (nSPS) is 12.1. The van der Waals surface area contributed by atoms with Crippen molar-refractivity contribution >= 4 is 0 Å². The highest BCUT2D eigenvalue weighted by Crippen LogP contribution is 2.18. The summed E-state index contributed by atoms with van der Waals surface area (Å²) in [7, 11) is 0. The van der Waals surface area contributed by atoms with Gasteiger partial charge in [-0.3, -0.25) is 4.98 Å². The Bertz CT molecular complexity index is 383. The number of ether oxygens (including phenoxy) is 1. The first-order chi connectivity index (χ1) is 9.37. The lowest BCUT2D eigenvalue weighted by molar-refractivity contribution is 0.0940. The number of hydrogen-bond acceptors (Lipinski definition) is 3. The maximum Gasteiger partial charge on any atom is 0.0887 e. The summed E-state index contributed by atoms with van der Waals surface area (Å²) < 4.78 is 5.71. The lowest BCUT2D eigenvalue weighted by atomic mass is 9.93. The van der Waals surface area contributed by atoms with E-state index in [-0.39, 0.29) is 0 Å². The van der Waals surface area contributed by atoms with Crippen LogP contribution in [0, 0.1) is 11.3 Å². The van der Waals surface area contributed by atoms with E-state index in [1.165, 1.54) is 0 Å². The first-order valence-corrected chi connectivity index (χ1v) is 7.60. The molecule has 1 aromatic rings. The summed E-state index contributed by atoms with van der Waals surface area (Å²) in [4.78, 5) is 4.62. The summed E-state index contributed by atoms with van der Waals surface area (Å²) in [6, 6.07) is 6.15. The van der Waals surface area contributed by atoms with E-state index in [1.807, 2.05) is 6.07 Å². The molecule has 0 atom stereocenters. The van der Waals surface area contributed by atoms with E-state index in [2.05, 4.69) is 57.1 Å². The van der Waals surface area contributed by atoms with Crippen LogP contribution in [-0.2, 0) is 17.9 Å². The summed E-state index contributed by atoms with van der Waals surface area (Å²) in [5.74, 6) is 0.666. The summed E-state index contributed by atoms with van der Waals surface area (Å²) in [5.41, 5.74) is 2.43. The van der Waals surface area contributed by atoms with E-state index in [1.54, 1.807) is 0 Å². The van der Waals surface area contributed by atoms with Gasteiger partial charge in [0.1, 0.15) is 0 Å². The minimum absolute atomic E-state index is 0.329. The molecule has 0 aromatic carbocycles. The molecule has 1 N–H and O–H groups in total. The van der Waals surface area contributed by atoms with Crippen molar-refractivity contribution in [1.82, 2.24) is 10.3 Å². The molecule has 1 aromatic heterocycles. The van der Waals surface area contributed by atoms with Gasteiger partial charge in [-0.25, -0.2) is 0 Å². The van der Waals surface area contributed by atoms with E-state index in [4.69, 9.17) is 4.74 Å². The van der Waals surface area contributed by atoms with E-state index in [0.717, 1.165) is 37.5 Å². The third kappa shape index (κ3) is 8.28. The average molecular weight is 278 g/mol. The molecule has 3 nitrogen and oxygen atoms in total. The van der Waals surface area contributed by atoms with Crippen molar-refractivity contribution in [1.29, 1.82) is 0 Å². The monoisotopic (exact) mass is 278 g/mol. The Balaban J connectivity index is 2.32. The average Bonchev–Trinajstić information content (AvgIpc) is 2.34. The van der Waals surface area contributed by atoms with Crippen LogP contribution in [0.1, 0.15) is 52.4 Å². The Morgan fingerprint density at radius 2 is 1.90 bits per heavy atom. The second-order valence-electron chi connectivity index (χ2n) is 7.01. The number of hydrogen-bond donors (Lipinski definition) is 1. The molecule has 0 unspecified atom stereocenters. The molecule has 114 valence electrons. The molecule has 1 rings (SSSR count). The van der Waals surface area contributed by atoms with Crippen LogP contribution in [-0.4, -0.2) is 18.1 Å². The van der Waals surface area contributed by atoms with E-state index < -0.39 is 0 Å². The predicted octanol–water partition coefficient (Wildman–Crippen LogP) is 3.78. The second-order valence-corrected chi connectivity index (χ2v) is 7.01. The van der Waals surface area contributed by atoms with Gasteiger partial charge in [-0.05, 0) is 36.4 Å². The molecule has 3 heteroatoms.